The second kappa shape index (κ2) is 7.85. The minimum atomic E-state index is -0.136. The lowest BCUT2D eigenvalue weighted by atomic mass is 9.97. The molecule has 3 heterocycles. The van der Waals surface area contributed by atoms with E-state index in [0.29, 0.717) is 46.8 Å². The second-order valence-corrected chi connectivity index (χ2v) is 8.66. The van der Waals surface area contributed by atoms with E-state index in [-0.39, 0.29) is 11.2 Å². The molecule has 0 saturated carbocycles. The van der Waals surface area contributed by atoms with Crippen LogP contribution in [0.1, 0.15) is 37.8 Å². The number of phenols is 1. The number of aromatic nitrogens is 2. The van der Waals surface area contributed by atoms with Crippen molar-refractivity contribution in [2.75, 3.05) is 13.1 Å². The van der Waals surface area contributed by atoms with Gasteiger partial charge in [0.2, 0.25) is 5.43 Å². The van der Waals surface area contributed by atoms with Crippen molar-refractivity contribution in [2.45, 2.75) is 39.7 Å². The van der Waals surface area contributed by atoms with Crippen LogP contribution >= 0.6 is 0 Å². The molecule has 6 heteroatoms. The highest BCUT2D eigenvalue weighted by molar-refractivity contribution is 5.87. The van der Waals surface area contributed by atoms with Crippen LogP contribution in [0.2, 0.25) is 0 Å². The molecule has 0 radical (unpaired) electrons. The van der Waals surface area contributed by atoms with Crippen molar-refractivity contribution in [3.8, 4) is 17.1 Å². The summed E-state index contributed by atoms with van der Waals surface area (Å²) in [5.74, 6) is 1.37. The molecule has 0 aliphatic carbocycles. The highest BCUT2D eigenvalue weighted by atomic mass is 16.3. The first-order valence-corrected chi connectivity index (χ1v) is 11.0. The van der Waals surface area contributed by atoms with Gasteiger partial charge in [-0.05, 0) is 55.5 Å². The molecule has 2 aromatic carbocycles. The molecule has 1 aliphatic rings. The van der Waals surface area contributed by atoms with Crippen LogP contribution in [0.15, 0.2) is 45.8 Å². The van der Waals surface area contributed by atoms with Gasteiger partial charge in [-0.15, -0.1) is 0 Å². The number of phenolic OH excluding ortho intramolecular Hbond substituents is 1. The molecule has 4 aromatic rings. The number of likely N-dealkylation sites (tertiary alicyclic amines) is 1. The van der Waals surface area contributed by atoms with Crippen LogP contribution in [0, 0.1) is 5.92 Å². The quantitative estimate of drug-likeness (QED) is 0.497. The van der Waals surface area contributed by atoms with E-state index in [1.165, 1.54) is 12.7 Å². The van der Waals surface area contributed by atoms with Crippen molar-refractivity contribution in [1.29, 1.82) is 0 Å². The maximum Gasteiger partial charge on any atom is 0.203 e. The van der Waals surface area contributed by atoms with E-state index in [1.54, 1.807) is 6.07 Å². The number of H-pyrrole nitrogens is 1. The molecular weight excluding hydrogens is 390 g/mol. The number of aromatic amines is 1. The fraction of sp³-hybridized carbons (Fsp3) is 0.360. The van der Waals surface area contributed by atoms with Crippen LogP contribution in [0.3, 0.4) is 0 Å². The molecule has 1 saturated heterocycles. The van der Waals surface area contributed by atoms with Gasteiger partial charge in [-0.3, -0.25) is 9.69 Å². The Balaban J connectivity index is 1.65. The standard InChI is InChI=1S/C25H27N3O3/c1-3-16-11-17-23(30)19(25-26-20-8-4-5-9-21(20)27-25)14-31-24(17)18(22(16)29)13-28-10-6-7-15(2)12-28/h4-5,8-9,11,14-15,29H,3,6-7,10,12-13H2,1-2H3,(H,26,27). The summed E-state index contributed by atoms with van der Waals surface area (Å²) in [7, 11) is 0. The number of aromatic hydroxyl groups is 1. The second-order valence-electron chi connectivity index (χ2n) is 8.66. The van der Waals surface area contributed by atoms with Crippen LogP contribution in [-0.2, 0) is 13.0 Å². The van der Waals surface area contributed by atoms with Gasteiger partial charge in [-0.1, -0.05) is 26.0 Å². The van der Waals surface area contributed by atoms with Crippen molar-refractivity contribution in [1.82, 2.24) is 14.9 Å². The smallest absolute Gasteiger partial charge is 0.203 e. The van der Waals surface area contributed by atoms with Gasteiger partial charge in [-0.2, -0.15) is 0 Å². The Morgan fingerprint density at radius 3 is 2.94 bits per heavy atom. The molecule has 160 valence electrons. The van der Waals surface area contributed by atoms with Crippen LogP contribution in [0.5, 0.6) is 5.75 Å². The van der Waals surface area contributed by atoms with Gasteiger partial charge in [0.1, 0.15) is 29.0 Å². The van der Waals surface area contributed by atoms with Crippen LogP contribution < -0.4 is 5.43 Å². The van der Waals surface area contributed by atoms with Gasteiger partial charge < -0.3 is 14.5 Å². The van der Waals surface area contributed by atoms with Crippen LogP contribution in [0.4, 0.5) is 0 Å². The summed E-state index contributed by atoms with van der Waals surface area (Å²) >= 11 is 0. The number of piperidine rings is 1. The summed E-state index contributed by atoms with van der Waals surface area (Å²) in [4.78, 5) is 23.6. The van der Waals surface area contributed by atoms with Crippen molar-refractivity contribution in [3.05, 3.63) is 57.9 Å². The third-order valence-corrected chi connectivity index (χ3v) is 6.36. The van der Waals surface area contributed by atoms with Gasteiger partial charge >= 0.3 is 0 Å². The number of hydrogen-bond donors (Lipinski definition) is 2. The summed E-state index contributed by atoms with van der Waals surface area (Å²) in [6.07, 6.45) is 4.48. The maximum atomic E-state index is 13.5. The summed E-state index contributed by atoms with van der Waals surface area (Å²) < 4.78 is 6.01. The molecule has 2 aromatic heterocycles. The van der Waals surface area contributed by atoms with Gasteiger partial charge in [-0.25, -0.2) is 4.98 Å². The zero-order valence-electron chi connectivity index (χ0n) is 17.9. The highest BCUT2D eigenvalue weighted by Crippen LogP contribution is 2.34. The first kappa shape index (κ1) is 19.8. The summed E-state index contributed by atoms with van der Waals surface area (Å²) in [5, 5.41) is 11.4. The zero-order valence-corrected chi connectivity index (χ0v) is 17.9. The van der Waals surface area contributed by atoms with Gasteiger partial charge in [0, 0.05) is 13.1 Å². The lowest BCUT2D eigenvalue weighted by Crippen LogP contribution is -2.33. The van der Waals surface area contributed by atoms with E-state index < -0.39 is 0 Å². The average molecular weight is 418 g/mol. The SMILES string of the molecule is CCc1cc2c(=O)c(-c3nc4ccccc4[nH]3)coc2c(CN2CCCC(C)C2)c1O. The molecule has 6 nitrogen and oxygen atoms in total. The highest BCUT2D eigenvalue weighted by Gasteiger charge is 2.23. The topological polar surface area (TPSA) is 82.4 Å². The van der Waals surface area contributed by atoms with Crippen molar-refractivity contribution in [2.24, 2.45) is 5.92 Å². The fourth-order valence-corrected chi connectivity index (χ4v) is 4.71. The summed E-state index contributed by atoms with van der Waals surface area (Å²) in [6.45, 7) is 6.79. The van der Waals surface area contributed by atoms with Crippen molar-refractivity contribution >= 4 is 22.0 Å². The Hall–Kier alpha value is -3.12. The van der Waals surface area contributed by atoms with E-state index in [9.17, 15) is 9.90 Å². The Morgan fingerprint density at radius 2 is 2.16 bits per heavy atom. The number of benzene rings is 2. The molecule has 0 spiro atoms. The summed E-state index contributed by atoms with van der Waals surface area (Å²) in [6, 6.07) is 9.45. The molecule has 31 heavy (non-hydrogen) atoms. The van der Waals surface area contributed by atoms with Crippen LogP contribution in [-0.4, -0.2) is 33.1 Å². The third-order valence-electron chi connectivity index (χ3n) is 6.36. The number of para-hydroxylation sites is 2. The molecular formula is C25H27N3O3. The molecule has 5 rings (SSSR count). The molecule has 1 aliphatic heterocycles. The Morgan fingerprint density at radius 1 is 1.32 bits per heavy atom. The average Bonchev–Trinajstić information content (AvgIpc) is 3.20. The predicted molar refractivity (Wildman–Crippen MR) is 122 cm³/mol. The maximum absolute atomic E-state index is 13.5. The van der Waals surface area contributed by atoms with E-state index in [1.807, 2.05) is 31.2 Å². The van der Waals surface area contributed by atoms with Crippen LogP contribution in [0.25, 0.3) is 33.4 Å². The fourth-order valence-electron chi connectivity index (χ4n) is 4.71. The van der Waals surface area contributed by atoms with E-state index >= 15 is 0 Å². The number of hydrogen-bond acceptors (Lipinski definition) is 5. The molecule has 0 bridgehead atoms. The lowest BCUT2D eigenvalue weighted by Gasteiger charge is -2.31. The predicted octanol–water partition coefficient (Wildman–Crippen LogP) is 4.84. The van der Waals surface area contributed by atoms with E-state index in [4.69, 9.17) is 4.42 Å². The minimum absolute atomic E-state index is 0.136. The Bertz CT molecular complexity index is 1290. The summed E-state index contributed by atoms with van der Waals surface area (Å²) in [5.41, 5.74) is 3.88. The molecule has 1 atom stereocenters. The van der Waals surface area contributed by atoms with E-state index in [2.05, 4.69) is 21.8 Å². The molecule has 1 fully saturated rings. The Kier molecular flexibility index (Phi) is 5.02. The largest absolute Gasteiger partial charge is 0.507 e. The van der Waals surface area contributed by atoms with Crippen molar-refractivity contribution < 1.29 is 9.52 Å². The third kappa shape index (κ3) is 3.51. The normalized spacial score (nSPS) is 17.5. The van der Waals surface area contributed by atoms with Gasteiger partial charge in [0.05, 0.1) is 22.0 Å². The Labute approximate surface area is 180 Å². The molecule has 0 amide bonds. The first-order valence-electron chi connectivity index (χ1n) is 11.0. The number of nitrogens with zero attached hydrogens (tertiary/aromatic N) is 2. The van der Waals surface area contributed by atoms with E-state index in [0.717, 1.165) is 36.1 Å². The van der Waals surface area contributed by atoms with Crippen molar-refractivity contribution in [3.63, 3.8) is 0 Å². The number of aryl methyl sites for hydroxylation is 1. The first-order chi connectivity index (χ1) is 15.0. The van der Waals surface area contributed by atoms with Gasteiger partial charge in [0.25, 0.3) is 0 Å². The molecule has 2 N–H and O–H groups in total. The zero-order chi connectivity index (χ0) is 21.5. The monoisotopic (exact) mass is 417 g/mol. The minimum Gasteiger partial charge on any atom is -0.507 e. The lowest BCUT2D eigenvalue weighted by molar-refractivity contribution is 0.175. The number of nitrogens with one attached hydrogen (secondary N) is 1. The number of imidazole rings is 1. The van der Waals surface area contributed by atoms with Gasteiger partial charge in [0.15, 0.2) is 0 Å². The number of rotatable bonds is 4. The number of fused-ring (bicyclic) bond motifs is 2. The molecule has 1 unspecified atom stereocenters.